The largest absolute Gasteiger partial charge is 0.335 e. The summed E-state index contributed by atoms with van der Waals surface area (Å²) in [4.78, 5) is 14.0. The average molecular weight is 244 g/mol. The first-order chi connectivity index (χ1) is 7.56. The van der Waals surface area contributed by atoms with Crippen LogP contribution in [0.4, 0.5) is 4.79 Å². The van der Waals surface area contributed by atoms with E-state index in [1.807, 2.05) is 4.90 Å². The van der Waals surface area contributed by atoms with Crippen molar-refractivity contribution in [2.75, 3.05) is 18.6 Å². The lowest BCUT2D eigenvalue weighted by atomic mass is 9.92. The predicted molar refractivity (Wildman–Crippen MR) is 70.9 cm³/mol. The highest BCUT2D eigenvalue weighted by molar-refractivity contribution is 7.98. The van der Waals surface area contributed by atoms with E-state index in [2.05, 4.69) is 32.3 Å². The highest BCUT2D eigenvalue weighted by Crippen LogP contribution is 2.22. The number of thioether (sulfide) groups is 1. The fourth-order valence-electron chi connectivity index (χ4n) is 2.21. The minimum absolute atomic E-state index is 0.112. The third-order valence-electron chi connectivity index (χ3n) is 3.42. The predicted octanol–water partition coefficient (Wildman–Crippen LogP) is 2.57. The molecule has 0 aromatic heterocycles. The van der Waals surface area contributed by atoms with Gasteiger partial charge >= 0.3 is 6.03 Å². The van der Waals surface area contributed by atoms with E-state index in [0.717, 1.165) is 18.7 Å². The molecule has 0 radical (unpaired) electrons. The summed E-state index contributed by atoms with van der Waals surface area (Å²) in [7, 11) is 0. The minimum Gasteiger partial charge on any atom is -0.335 e. The first-order valence-electron chi connectivity index (χ1n) is 6.12. The first-order valence-corrected chi connectivity index (χ1v) is 7.51. The van der Waals surface area contributed by atoms with Crippen molar-refractivity contribution in [3.63, 3.8) is 0 Å². The second kappa shape index (κ2) is 6.38. The average Bonchev–Trinajstić information content (AvgIpc) is 2.22. The summed E-state index contributed by atoms with van der Waals surface area (Å²) in [6.45, 7) is 7.36. The van der Waals surface area contributed by atoms with Crippen molar-refractivity contribution in [3.05, 3.63) is 0 Å². The molecule has 1 heterocycles. The van der Waals surface area contributed by atoms with Crippen molar-refractivity contribution >= 4 is 17.8 Å². The third-order valence-corrected chi connectivity index (χ3v) is 4.25. The maximum atomic E-state index is 12.0. The van der Waals surface area contributed by atoms with Crippen molar-refractivity contribution < 1.29 is 4.79 Å². The molecule has 1 rings (SSSR count). The van der Waals surface area contributed by atoms with Gasteiger partial charge in [0, 0.05) is 24.4 Å². The molecule has 3 unspecified atom stereocenters. The van der Waals surface area contributed by atoms with E-state index in [1.54, 1.807) is 11.8 Å². The molecule has 0 aromatic rings. The van der Waals surface area contributed by atoms with Gasteiger partial charge in [0.2, 0.25) is 0 Å². The van der Waals surface area contributed by atoms with Crippen LogP contribution in [0, 0.1) is 5.92 Å². The van der Waals surface area contributed by atoms with Gasteiger partial charge in [0.1, 0.15) is 0 Å². The van der Waals surface area contributed by atoms with Crippen molar-refractivity contribution in [2.45, 2.75) is 45.7 Å². The number of carbonyl (C=O) groups excluding carboxylic acids is 1. The number of amides is 2. The van der Waals surface area contributed by atoms with Gasteiger partial charge in [-0.3, -0.25) is 0 Å². The SMILES string of the molecule is CSCC(C)NC(=O)N1CCCC(C)C1C. The topological polar surface area (TPSA) is 32.3 Å². The van der Waals surface area contributed by atoms with Gasteiger partial charge in [0.25, 0.3) is 0 Å². The van der Waals surface area contributed by atoms with Crippen LogP contribution in [0.3, 0.4) is 0 Å². The summed E-state index contributed by atoms with van der Waals surface area (Å²) in [6, 6.07) is 0.739. The molecule has 1 fully saturated rings. The molecule has 3 atom stereocenters. The molecule has 0 aliphatic carbocycles. The summed E-state index contributed by atoms with van der Waals surface area (Å²) >= 11 is 1.77. The number of piperidine rings is 1. The zero-order chi connectivity index (χ0) is 12.1. The van der Waals surface area contributed by atoms with Crippen LogP contribution in [-0.2, 0) is 0 Å². The van der Waals surface area contributed by atoms with Crippen molar-refractivity contribution in [2.24, 2.45) is 5.92 Å². The summed E-state index contributed by atoms with van der Waals surface area (Å²) in [6.07, 6.45) is 4.44. The van der Waals surface area contributed by atoms with Crippen LogP contribution in [0.2, 0.25) is 0 Å². The molecular weight excluding hydrogens is 220 g/mol. The van der Waals surface area contributed by atoms with Crippen LogP contribution in [0.5, 0.6) is 0 Å². The van der Waals surface area contributed by atoms with Gasteiger partial charge in [-0.1, -0.05) is 6.92 Å². The van der Waals surface area contributed by atoms with Crippen LogP contribution >= 0.6 is 11.8 Å². The van der Waals surface area contributed by atoms with Crippen LogP contribution in [-0.4, -0.2) is 41.6 Å². The zero-order valence-corrected chi connectivity index (χ0v) is 11.6. The van der Waals surface area contributed by atoms with Crippen LogP contribution in [0.25, 0.3) is 0 Å². The van der Waals surface area contributed by atoms with Crippen LogP contribution in [0.1, 0.15) is 33.6 Å². The third kappa shape index (κ3) is 3.58. The highest BCUT2D eigenvalue weighted by Gasteiger charge is 2.28. The Hall–Kier alpha value is -0.380. The second-order valence-electron chi connectivity index (χ2n) is 4.86. The van der Waals surface area contributed by atoms with Gasteiger partial charge < -0.3 is 10.2 Å². The maximum absolute atomic E-state index is 12.0. The Morgan fingerprint density at radius 3 is 2.88 bits per heavy atom. The molecule has 1 saturated heterocycles. The molecule has 16 heavy (non-hydrogen) atoms. The van der Waals surface area contributed by atoms with Gasteiger partial charge in [-0.25, -0.2) is 4.79 Å². The van der Waals surface area contributed by atoms with E-state index >= 15 is 0 Å². The summed E-state index contributed by atoms with van der Waals surface area (Å²) in [5.74, 6) is 1.60. The normalized spacial score (nSPS) is 27.6. The lowest BCUT2D eigenvalue weighted by molar-refractivity contribution is 0.127. The molecule has 3 nitrogen and oxygen atoms in total. The van der Waals surface area contributed by atoms with Crippen molar-refractivity contribution in [1.29, 1.82) is 0 Å². The Morgan fingerprint density at radius 2 is 2.25 bits per heavy atom. The molecule has 1 aliphatic heterocycles. The molecule has 1 aliphatic rings. The lowest BCUT2D eigenvalue weighted by Gasteiger charge is -2.38. The van der Waals surface area contributed by atoms with E-state index in [9.17, 15) is 4.79 Å². The monoisotopic (exact) mass is 244 g/mol. The van der Waals surface area contributed by atoms with E-state index < -0.39 is 0 Å². The molecular formula is C12H24N2OS. The standard InChI is InChI=1S/C12H24N2OS/c1-9-6-5-7-14(11(9)3)12(15)13-10(2)8-16-4/h9-11H,5-8H2,1-4H3,(H,13,15). The Morgan fingerprint density at radius 1 is 1.56 bits per heavy atom. The molecule has 4 heteroatoms. The van der Waals surface area contributed by atoms with E-state index in [0.29, 0.717) is 12.0 Å². The fourth-order valence-corrected chi connectivity index (χ4v) is 2.79. The van der Waals surface area contributed by atoms with Gasteiger partial charge in [-0.15, -0.1) is 0 Å². The second-order valence-corrected chi connectivity index (χ2v) is 5.77. The molecule has 2 amide bonds. The van der Waals surface area contributed by atoms with Gasteiger partial charge in [0.15, 0.2) is 0 Å². The molecule has 0 bridgehead atoms. The zero-order valence-electron chi connectivity index (χ0n) is 10.8. The number of hydrogen-bond donors (Lipinski definition) is 1. The van der Waals surface area contributed by atoms with Gasteiger partial charge in [0.05, 0.1) is 0 Å². The Balaban J connectivity index is 2.46. The van der Waals surface area contributed by atoms with Gasteiger partial charge in [-0.2, -0.15) is 11.8 Å². The number of hydrogen-bond acceptors (Lipinski definition) is 2. The minimum atomic E-state index is 0.112. The Labute approximate surface area is 103 Å². The summed E-state index contributed by atoms with van der Waals surface area (Å²) in [5.41, 5.74) is 0. The fraction of sp³-hybridized carbons (Fsp3) is 0.917. The van der Waals surface area contributed by atoms with E-state index in [-0.39, 0.29) is 12.1 Å². The van der Waals surface area contributed by atoms with E-state index in [1.165, 1.54) is 6.42 Å². The smallest absolute Gasteiger partial charge is 0.317 e. The molecule has 94 valence electrons. The van der Waals surface area contributed by atoms with Crippen molar-refractivity contribution in [1.82, 2.24) is 10.2 Å². The molecule has 0 saturated carbocycles. The van der Waals surface area contributed by atoms with Gasteiger partial charge in [-0.05, 0) is 38.9 Å². The Kier molecular flexibility index (Phi) is 5.46. The van der Waals surface area contributed by atoms with Crippen molar-refractivity contribution in [3.8, 4) is 0 Å². The molecule has 0 spiro atoms. The molecule has 1 N–H and O–H groups in total. The quantitative estimate of drug-likeness (QED) is 0.827. The van der Waals surface area contributed by atoms with Crippen LogP contribution < -0.4 is 5.32 Å². The highest BCUT2D eigenvalue weighted by atomic mass is 32.2. The number of nitrogens with zero attached hydrogens (tertiary/aromatic N) is 1. The number of rotatable bonds is 3. The van der Waals surface area contributed by atoms with E-state index in [4.69, 9.17) is 0 Å². The number of urea groups is 1. The maximum Gasteiger partial charge on any atom is 0.317 e. The number of nitrogens with one attached hydrogen (secondary N) is 1. The van der Waals surface area contributed by atoms with Crippen LogP contribution in [0.15, 0.2) is 0 Å². The molecule has 0 aromatic carbocycles. The first kappa shape index (κ1) is 13.7. The summed E-state index contributed by atoms with van der Waals surface area (Å²) in [5, 5.41) is 3.07. The summed E-state index contributed by atoms with van der Waals surface area (Å²) < 4.78 is 0. The number of carbonyl (C=O) groups is 1. The lowest BCUT2D eigenvalue weighted by Crippen LogP contribution is -2.52. The Bertz CT molecular complexity index is 235. The number of likely N-dealkylation sites (tertiary alicyclic amines) is 1.